The van der Waals surface area contributed by atoms with Gasteiger partial charge in [0.2, 0.25) is 0 Å². The van der Waals surface area contributed by atoms with Gasteiger partial charge in [-0.05, 0) is 37.1 Å². The smallest absolute Gasteiger partial charge is 0.348 e. The Labute approximate surface area is 162 Å². The van der Waals surface area contributed by atoms with E-state index in [-0.39, 0.29) is 15.6 Å². The van der Waals surface area contributed by atoms with Crippen molar-refractivity contribution in [3.8, 4) is 10.4 Å². The summed E-state index contributed by atoms with van der Waals surface area (Å²) in [5.41, 5.74) is 2.85. The lowest BCUT2D eigenvalue weighted by atomic mass is 10.2. The number of aryl methyl sites for hydroxylation is 2. The number of anilines is 1. The largest absolute Gasteiger partial charge is 0.477 e. The quantitative estimate of drug-likeness (QED) is 0.632. The molecular formula is C20H19NO4S2. The first-order chi connectivity index (χ1) is 12.8. The summed E-state index contributed by atoms with van der Waals surface area (Å²) >= 11 is 1.12. The minimum atomic E-state index is -3.60. The van der Waals surface area contributed by atoms with Gasteiger partial charge < -0.3 is 10.4 Å². The van der Waals surface area contributed by atoms with Gasteiger partial charge in [-0.25, -0.2) is 13.2 Å². The van der Waals surface area contributed by atoms with Crippen LogP contribution in [-0.2, 0) is 9.84 Å². The van der Waals surface area contributed by atoms with Gasteiger partial charge in [0.1, 0.15) is 10.8 Å². The fourth-order valence-electron chi connectivity index (χ4n) is 2.82. The van der Waals surface area contributed by atoms with Crippen LogP contribution < -0.4 is 5.32 Å². The van der Waals surface area contributed by atoms with Gasteiger partial charge in [-0.15, -0.1) is 11.3 Å². The minimum absolute atomic E-state index is 0.0877. The second-order valence-electron chi connectivity index (χ2n) is 6.23. The van der Waals surface area contributed by atoms with Crippen molar-refractivity contribution >= 4 is 32.8 Å². The molecule has 0 aliphatic carbocycles. The third-order valence-corrected chi connectivity index (χ3v) is 6.93. The molecule has 0 unspecified atom stereocenters. The number of carbonyl (C=O) groups is 1. The van der Waals surface area contributed by atoms with Crippen LogP contribution in [0.5, 0.6) is 0 Å². The third-order valence-electron chi connectivity index (χ3n) is 4.10. The van der Waals surface area contributed by atoms with E-state index in [2.05, 4.69) is 5.32 Å². The molecule has 2 aromatic carbocycles. The van der Waals surface area contributed by atoms with Crippen LogP contribution in [0.1, 0.15) is 20.8 Å². The van der Waals surface area contributed by atoms with Crippen LogP contribution in [0.15, 0.2) is 59.5 Å². The van der Waals surface area contributed by atoms with Crippen molar-refractivity contribution in [2.75, 3.05) is 11.2 Å². The molecule has 0 amide bonds. The number of carboxylic acid groups (broad SMARTS) is 1. The van der Waals surface area contributed by atoms with Crippen molar-refractivity contribution in [1.29, 1.82) is 0 Å². The summed E-state index contributed by atoms with van der Waals surface area (Å²) in [6.07, 6.45) is 0. The van der Waals surface area contributed by atoms with Crippen LogP contribution in [0.4, 0.5) is 5.69 Å². The first kappa shape index (κ1) is 19.1. The SMILES string of the molecule is Cc1ccc(S(=O)(=O)CNc2cc(-c3ccccc3)sc2C(=O)O)c(C)c1. The average molecular weight is 402 g/mol. The Morgan fingerprint density at radius 3 is 2.41 bits per heavy atom. The molecule has 2 N–H and O–H groups in total. The molecule has 0 spiro atoms. The second kappa shape index (κ2) is 7.54. The molecule has 1 heterocycles. The van der Waals surface area contributed by atoms with Crippen LogP contribution >= 0.6 is 11.3 Å². The zero-order valence-electron chi connectivity index (χ0n) is 14.9. The molecule has 3 rings (SSSR count). The Balaban J connectivity index is 1.89. The van der Waals surface area contributed by atoms with E-state index < -0.39 is 15.8 Å². The number of aromatic carboxylic acids is 1. The van der Waals surface area contributed by atoms with Crippen LogP contribution in [-0.4, -0.2) is 25.4 Å². The topological polar surface area (TPSA) is 83.5 Å². The lowest BCUT2D eigenvalue weighted by Gasteiger charge is -2.10. The summed E-state index contributed by atoms with van der Waals surface area (Å²) in [5, 5.41) is 12.3. The maximum Gasteiger partial charge on any atom is 0.348 e. The van der Waals surface area contributed by atoms with Crippen molar-refractivity contribution in [2.24, 2.45) is 0 Å². The molecule has 140 valence electrons. The molecule has 1 aromatic heterocycles. The molecule has 0 saturated carbocycles. The lowest BCUT2D eigenvalue weighted by molar-refractivity contribution is 0.0703. The molecule has 5 nitrogen and oxygen atoms in total. The van der Waals surface area contributed by atoms with E-state index in [1.54, 1.807) is 25.1 Å². The number of rotatable bonds is 6. The van der Waals surface area contributed by atoms with Gasteiger partial charge in [-0.1, -0.05) is 48.0 Å². The van der Waals surface area contributed by atoms with Crippen molar-refractivity contribution in [3.05, 3.63) is 70.6 Å². The molecule has 0 radical (unpaired) electrons. The highest BCUT2D eigenvalue weighted by molar-refractivity contribution is 7.91. The van der Waals surface area contributed by atoms with E-state index in [0.717, 1.165) is 27.3 Å². The van der Waals surface area contributed by atoms with E-state index in [0.29, 0.717) is 11.3 Å². The molecular weight excluding hydrogens is 382 g/mol. The van der Waals surface area contributed by atoms with E-state index in [9.17, 15) is 18.3 Å². The molecule has 27 heavy (non-hydrogen) atoms. The molecule has 0 atom stereocenters. The Hall–Kier alpha value is -2.64. The maximum atomic E-state index is 12.7. The van der Waals surface area contributed by atoms with Crippen LogP contribution in [0.25, 0.3) is 10.4 Å². The van der Waals surface area contributed by atoms with Crippen molar-refractivity contribution in [3.63, 3.8) is 0 Å². The van der Waals surface area contributed by atoms with Gasteiger partial charge in [0.25, 0.3) is 0 Å². The van der Waals surface area contributed by atoms with Gasteiger partial charge in [-0.2, -0.15) is 0 Å². The van der Waals surface area contributed by atoms with E-state index in [1.807, 2.05) is 43.3 Å². The molecule has 3 aromatic rings. The standard InChI is InChI=1S/C20H19NO4S2/c1-13-8-9-18(14(2)10-13)27(24,25)12-21-16-11-17(26-19(16)20(22)23)15-6-4-3-5-7-15/h3-11,21H,12H2,1-2H3,(H,22,23). The van der Waals surface area contributed by atoms with Crippen molar-refractivity contribution < 1.29 is 18.3 Å². The van der Waals surface area contributed by atoms with Gasteiger partial charge in [-0.3, -0.25) is 0 Å². The number of hydrogen-bond donors (Lipinski definition) is 2. The van der Waals surface area contributed by atoms with Gasteiger partial charge in [0.15, 0.2) is 9.84 Å². The summed E-state index contributed by atoms with van der Waals surface area (Å²) in [6.45, 7) is 3.65. The number of nitrogens with one attached hydrogen (secondary N) is 1. The number of benzene rings is 2. The number of hydrogen-bond acceptors (Lipinski definition) is 5. The normalized spacial score (nSPS) is 11.3. The molecule has 0 aliphatic rings. The minimum Gasteiger partial charge on any atom is -0.477 e. The van der Waals surface area contributed by atoms with Crippen LogP contribution in [0.2, 0.25) is 0 Å². The molecule has 0 fully saturated rings. The van der Waals surface area contributed by atoms with Gasteiger partial charge >= 0.3 is 5.97 Å². The Bertz CT molecular complexity index is 1090. The highest BCUT2D eigenvalue weighted by atomic mass is 32.2. The average Bonchev–Trinajstić information content (AvgIpc) is 3.05. The fraction of sp³-hybridized carbons (Fsp3) is 0.150. The highest BCUT2D eigenvalue weighted by Crippen LogP contribution is 2.35. The fourth-order valence-corrected chi connectivity index (χ4v) is 5.13. The third kappa shape index (κ3) is 4.20. The summed E-state index contributed by atoms with van der Waals surface area (Å²) in [5.74, 6) is -1.46. The van der Waals surface area contributed by atoms with E-state index in [4.69, 9.17) is 0 Å². The zero-order chi connectivity index (χ0) is 19.6. The summed E-state index contributed by atoms with van der Waals surface area (Å²) in [6, 6.07) is 16.2. The first-order valence-electron chi connectivity index (χ1n) is 8.24. The van der Waals surface area contributed by atoms with E-state index >= 15 is 0 Å². The van der Waals surface area contributed by atoms with Gasteiger partial charge in [0, 0.05) is 4.88 Å². The Morgan fingerprint density at radius 2 is 1.78 bits per heavy atom. The van der Waals surface area contributed by atoms with Crippen LogP contribution in [0.3, 0.4) is 0 Å². The summed E-state index contributed by atoms with van der Waals surface area (Å²) in [7, 11) is -3.60. The molecule has 0 bridgehead atoms. The molecule has 0 saturated heterocycles. The van der Waals surface area contributed by atoms with Crippen molar-refractivity contribution in [1.82, 2.24) is 0 Å². The Morgan fingerprint density at radius 1 is 1.07 bits per heavy atom. The summed E-state index contributed by atoms with van der Waals surface area (Å²) in [4.78, 5) is 12.7. The van der Waals surface area contributed by atoms with Crippen molar-refractivity contribution in [2.45, 2.75) is 18.7 Å². The van der Waals surface area contributed by atoms with Gasteiger partial charge in [0.05, 0.1) is 10.6 Å². The molecule has 7 heteroatoms. The predicted molar refractivity (Wildman–Crippen MR) is 108 cm³/mol. The molecule has 0 aliphatic heterocycles. The monoisotopic (exact) mass is 401 g/mol. The Kier molecular flexibility index (Phi) is 5.34. The predicted octanol–water partition coefficient (Wildman–Crippen LogP) is 4.57. The number of carboxylic acids is 1. The van der Waals surface area contributed by atoms with Crippen LogP contribution in [0, 0.1) is 13.8 Å². The van der Waals surface area contributed by atoms with E-state index in [1.165, 1.54) is 0 Å². The lowest BCUT2D eigenvalue weighted by Crippen LogP contribution is -2.16. The summed E-state index contributed by atoms with van der Waals surface area (Å²) < 4.78 is 25.4. The first-order valence-corrected chi connectivity index (χ1v) is 10.7. The second-order valence-corrected chi connectivity index (χ2v) is 9.24. The number of sulfone groups is 1. The highest BCUT2D eigenvalue weighted by Gasteiger charge is 2.21. The zero-order valence-corrected chi connectivity index (χ0v) is 16.5. The maximum absolute atomic E-state index is 12.7. The number of thiophene rings is 1.